The first-order chi connectivity index (χ1) is 6.37. The Bertz CT molecular complexity index is 345. The lowest BCUT2D eigenvalue weighted by Crippen LogP contribution is -2.15. The van der Waals surface area contributed by atoms with Crippen molar-refractivity contribution in [3.8, 4) is 0 Å². The molecule has 14 heavy (non-hydrogen) atoms. The van der Waals surface area contributed by atoms with Crippen molar-refractivity contribution in [3.05, 3.63) is 34.6 Å². The second-order valence-electron chi connectivity index (χ2n) is 2.77. The van der Waals surface area contributed by atoms with Crippen molar-refractivity contribution in [1.29, 1.82) is 0 Å². The molecule has 1 nitrogen and oxygen atoms in total. The van der Waals surface area contributed by atoms with Gasteiger partial charge in [-0.05, 0) is 6.92 Å². The molecule has 0 aliphatic heterocycles. The highest BCUT2D eigenvalue weighted by Crippen LogP contribution is 2.26. The lowest BCUT2D eigenvalue weighted by molar-refractivity contribution is 0.366. The standard InChI is InChI=1S/C8H6F5N/c1-2(14)3-4(9)6(11)8(13)7(12)5(3)10/h2H,14H2,1H3/t2-/m1/s1. The Morgan fingerprint density at radius 1 is 0.786 bits per heavy atom. The summed E-state index contributed by atoms with van der Waals surface area (Å²) in [6.07, 6.45) is 0. The fourth-order valence-electron chi connectivity index (χ4n) is 1.02. The van der Waals surface area contributed by atoms with E-state index in [0.717, 1.165) is 6.92 Å². The lowest BCUT2D eigenvalue weighted by atomic mass is 10.1. The van der Waals surface area contributed by atoms with E-state index in [1.54, 1.807) is 0 Å². The Kier molecular flexibility index (Phi) is 2.75. The van der Waals surface area contributed by atoms with E-state index in [4.69, 9.17) is 5.73 Å². The maximum Gasteiger partial charge on any atom is 0.200 e. The quantitative estimate of drug-likeness (QED) is 0.431. The van der Waals surface area contributed by atoms with Gasteiger partial charge in [0.1, 0.15) is 0 Å². The monoisotopic (exact) mass is 211 g/mol. The van der Waals surface area contributed by atoms with Gasteiger partial charge in [-0.2, -0.15) is 0 Å². The number of rotatable bonds is 1. The summed E-state index contributed by atoms with van der Waals surface area (Å²) < 4.78 is 63.3. The van der Waals surface area contributed by atoms with Gasteiger partial charge in [0.05, 0.1) is 0 Å². The van der Waals surface area contributed by atoms with Gasteiger partial charge in [0.25, 0.3) is 0 Å². The summed E-state index contributed by atoms with van der Waals surface area (Å²) >= 11 is 0. The zero-order chi connectivity index (χ0) is 11.0. The highest BCUT2D eigenvalue weighted by atomic mass is 19.2. The van der Waals surface area contributed by atoms with Crippen LogP contribution < -0.4 is 5.73 Å². The van der Waals surface area contributed by atoms with Crippen LogP contribution >= 0.6 is 0 Å². The van der Waals surface area contributed by atoms with Crippen molar-refractivity contribution >= 4 is 0 Å². The van der Waals surface area contributed by atoms with E-state index in [1.165, 1.54) is 0 Å². The molecular weight excluding hydrogens is 205 g/mol. The molecule has 0 aliphatic carbocycles. The fraction of sp³-hybridized carbons (Fsp3) is 0.250. The van der Waals surface area contributed by atoms with Crippen molar-refractivity contribution in [2.75, 3.05) is 0 Å². The first-order valence-electron chi connectivity index (χ1n) is 3.64. The molecule has 0 bridgehead atoms. The maximum absolute atomic E-state index is 12.9. The van der Waals surface area contributed by atoms with Crippen molar-refractivity contribution in [1.82, 2.24) is 0 Å². The van der Waals surface area contributed by atoms with Gasteiger partial charge in [0.2, 0.25) is 5.82 Å². The zero-order valence-electron chi connectivity index (χ0n) is 7.04. The summed E-state index contributed by atoms with van der Waals surface area (Å²) in [4.78, 5) is 0. The minimum Gasteiger partial charge on any atom is -0.324 e. The van der Waals surface area contributed by atoms with Crippen LogP contribution in [0, 0.1) is 29.1 Å². The van der Waals surface area contributed by atoms with Gasteiger partial charge in [0, 0.05) is 11.6 Å². The smallest absolute Gasteiger partial charge is 0.200 e. The number of nitrogens with two attached hydrogens (primary N) is 1. The molecule has 0 amide bonds. The molecule has 0 saturated carbocycles. The molecular formula is C8H6F5N. The second kappa shape index (κ2) is 3.53. The zero-order valence-corrected chi connectivity index (χ0v) is 7.04. The topological polar surface area (TPSA) is 26.0 Å². The molecule has 0 aliphatic rings. The molecule has 2 N–H and O–H groups in total. The lowest BCUT2D eigenvalue weighted by Gasteiger charge is -2.10. The van der Waals surface area contributed by atoms with Crippen LogP contribution in [0.25, 0.3) is 0 Å². The van der Waals surface area contributed by atoms with Crippen molar-refractivity contribution in [2.24, 2.45) is 5.73 Å². The van der Waals surface area contributed by atoms with E-state index in [2.05, 4.69) is 0 Å². The Balaban J connectivity index is 3.60. The predicted molar refractivity (Wildman–Crippen MR) is 38.8 cm³/mol. The Hall–Kier alpha value is -1.17. The van der Waals surface area contributed by atoms with Gasteiger partial charge in [-0.3, -0.25) is 0 Å². The summed E-state index contributed by atoms with van der Waals surface area (Å²) in [6, 6.07) is -1.26. The normalized spacial score (nSPS) is 13.1. The number of benzene rings is 1. The van der Waals surface area contributed by atoms with Crippen LogP contribution in [-0.4, -0.2) is 0 Å². The minimum absolute atomic E-state index is 0.999. The Morgan fingerprint density at radius 3 is 1.36 bits per heavy atom. The minimum atomic E-state index is -2.18. The van der Waals surface area contributed by atoms with Crippen LogP contribution in [0.1, 0.15) is 18.5 Å². The van der Waals surface area contributed by atoms with Crippen LogP contribution in [0.5, 0.6) is 0 Å². The predicted octanol–water partition coefficient (Wildman–Crippen LogP) is 2.40. The molecule has 1 aromatic carbocycles. The van der Waals surface area contributed by atoms with E-state index in [0.29, 0.717) is 0 Å². The van der Waals surface area contributed by atoms with E-state index >= 15 is 0 Å². The molecule has 0 heterocycles. The average molecular weight is 211 g/mol. The average Bonchev–Trinajstić information content (AvgIpc) is 2.11. The summed E-state index contributed by atoms with van der Waals surface area (Å²) in [7, 11) is 0. The van der Waals surface area contributed by atoms with Crippen molar-refractivity contribution in [3.63, 3.8) is 0 Å². The van der Waals surface area contributed by atoms with Crippen LogP contribution in [0.15, 0.2) is 0 Å². The van der Waals surface area contributed by atoms with Crippen molar-refractivity contribution < 1.29 is 22.0 Å². The number of halogens is 5. The summed E-state index contributed by atoms with van der Waals surface area (Å²) in [5.74, 6) is -9.88. The van der Waals surface area contributed by atoms with Gasteiger partial charge in [-0.25, -0.2) is 22.0 Å². The molecule has 0 saturated heterocycles. The molecule has 0 radical (unpaired) electrons. The van der Waals surface area contributed by atoms with E-state index in [1.807, 2.05) is 0 Å². The Morgan fingerprint density at radius 2 is 1.07 bits per heavy atom. The second-order valence-corrected chi connectivity index (χ2v) is 2.77. The molecule has 78 valence electrons. The number of hydrogen-bond acceptors (Lipinski definition) is 1. The first-order valence-corrected chi connectivity index (χ1v) is 3.64. The molecule has 0 unspecified atom stereocenters. The maximum atomic E-state index is 12.9. The molecule has 1 atom stereocenters. The molecule has 0 spiro atoms. The molecule has 1 rings (SSSR count). The Labute approximate surface area is 76.3 Å². The van der Waals surface area contributed by atoms with Crippen LogP contribution in [0.3, 0.4) is 0 Å². The molecule has 6 heteroatoms. The molecule has 0 aromatic heterocycles. The third-order valence-electron chi connectivity index (χ3n) is 1.70. The van der Waals surface area contributed by atoms with E-state index < -0.39 is 40.7 Å². The van der Waals surface area contributed by atoms with E-state index in [-0.39, 0.29) is 0 Å². The van der Waals surface area contributed by atoms with Gasteiger partial charge < -0.3 is 5.73 Å². The summed E-state index contributed by atoms with van der Waals surface area (Å²) in [5.41, 5.74) is 4.07. The van der Waals surface area contributed by atoms with Gasteiger partial charge in [-0.15, -0.1) is 0 Å². The third-order valence-corrected chi connectivity index (χ3v) is 1.70. The highest BCUT2D eigenvalue weighted by Gasteiger charge is 2.26. The molecule has 1 aromatic rings. The number of hydrogen-bond donors (Lipinski definition) is 1. The highest BCUT2D eigenvalue weighted by molar-refractivity contribution is 5.26. The van der Waals surface area contributed by atoms with Crippen LogP contribution in [0.4, 0.5) is 22.0 Å². The van der Waals surface area contributed by atoms with Crippen LogP contribution in [-0.2, 0) is 0 Å². The third kappa shape index (κ3) is 1.45. The summed E-state index contributed by atoms with van der Waals surface area (Å²) in [5, 5.41) is 0. The first kappa shape index (κ1) is 10.9. The fourth-order valence-corrected chi connectivity index (χ4v) is 1.02. The van der Waals surface area contributed by atoms with Gasteiger partial charge in [-0.1, -0.05) is 0 Å². The van der Waals surface area contributed by atoms with Gasteiger partial charge >= 0.3 is 0 Å². The summed E-state index contributed by atoms with van der Waals surface area (Å²) in [6.45, 7) is 1.12. The largest absolute Gasteiger partial charge is 0.324 e. The van der Waals surface area contributed by atoms with Gasteiger partial charge in [0.15, 0.2) is 23.3 Å². The molecule has 0 fully saturated rings. The van der Waals surface area contributed by atoms with Crippen molar-refractivity contribution in [2.45, 2.75) is 13.0 Å². The SMILES string of the molecule is C[C@@H](N)c1c(F)c(F)c(F)c(F)c1F. The van der Waals surface area contributed by atoms with E-state index in [9.17, 15) is 22.0 Å². The van der Waals surface area contributed by atoms with Crippen LogP contribution in [0.2, 0.25) is 0 Å².